The number of aliphatic hydroxyl groups excluding tert-OH is 2. The Kier molecular flexibility index (Phi) is 49.7. The minimum Gasteiger partial charge on any atom is -0.458 e. The maximum absolute atomic E-state index is 13.2. The van der Waals surface area contributed by atoms with Crippen LogP contribution in [0.2, 0.25) is 0 Å². The van der Waals surface area contributed by atoms with E-state index in [4.69, 9.17) is 4.74 Å². The van der Waals surface area contributed by atoms with Crippen LogP contribution in [0, 0.1) is 0 Å². The van der Waals surface area contributed by atoms with Crippen LogP contribution in [0.1, 0.15) is 233 Å². The Bertz CT molecular complexity index is 1350. The Morgan fingerprint density at radius 1 is 0.470 bits per heavy atom. The van der Waals surface area contributed by atoms with E-state index < -0.39 is 18.2 Å². The van der Waals surface area contributed by atoms with E-state index in [0.717, 1.165) is 70.6 Å². The summed E-state index contributed by atoms with van der Waals surface area (Å²) in [5, 5.41) is 23.8. The van der Waals surface area contributed by atoms with Crippen molar-refractivity contribution in [1.29, 1.82) is 0 Å². The molecule has 3 N–H and O–H groups in total. The third kappa shape index (κ3) is 47.0. The number of hydrogen-bond acceptors (Lipinski definition) is 5. The number of ether oxygens (including phenoxy) is 1. The van der Waals surface area contributed by atoms with Crippen LogP contribution < -0.4 is 5.32 Å². The first-order valence-corrected chi connectivity index (χ1v) is 27.1. The van der Waals surface area contributed by atoms with Crippen LogP contribution in [-0.4, -0.2) is 46.9 Å². The van der Waals surface area contributed by atoms with Gasteiger partial charge in [-0.2, -0.15) is 0 Å². The summed E-state index contributed by atoms with van der Waals surface area (Å²) in [6.07, 6.45) is 71.8. The molecule has 0 aromatic heterocycles. The van der Waals surface area contributed by atoms with E-state index in [1.54, 1.807) is 6.08 Å². The maximum atomic E-state index is 13.2. The smallest absolute Gasteiger partial charge is 0.306 e. The highest BCUT2D eigenvalue weighted by molar-refractivity contribution is 5.78. The molecule has 0 saturated heterocycles. The lowest BCUT2D eigenvalue weighted by Gasteiger charge is -2.23. The fourth-order valence-corrected chi connectivity index (χ4v) is 7.50. The number of rotatable bonds is 47. The van der Waals surface area contributed by atoms with Crippen LogP contribution in [0.3, 0.4) is 0 Å². The molecular formula is C60H101NO5. The van der Waals surface area contributed by atoms with Gasteiger partial charge in [0.15, 0.2) is 0 Å². The van der Waals surface area contributed by atoms with Gasteiger partial charge in [0, 0.05) is 6.42 Å². The van der Waals surface area contributed by atoms with Crippen molar-refractivity contribution in [2.45, 2.75) is 251 Å². The van der Waals surface area contributed by atoms with Crippen LogP contribution in [0.25, 0.3) is 0 Å². The van der Waals surface area contributed by atoms with Gasteiger partial charge in [0.25, 0.3) is 0 Å². The molecule has 376 valence electrons. The van der Waals surface area contributed by atoms with Crippen LogP contribution in [0.5, 0.6) is 0 Å². The second kappa shape index (κ2) is 52.5. The van der Waals surface area contributed by atoms with Crippen molar-refractivity contribution in [2.24, 2.45) is 0 Å². The summed E-state index contributed by atoms with van der Waals surface area (Å²) < 4.78 is 5.80. The van der Waals surface area contributed by atoms with Crippen molar-refractivity contribution in [3.05, 3.63) is 109 Å². The molecule has 3 atom stereocenters. The summed E-state index contributed by atoms with van der Waals surface area (Å²) in [4.78, 5) is 26.1. The first-order valence-electron chi connectivity index (χ1n) is 27.1. The standard InChI is InChI=1S/C60H101NO5/c1-4-7-10-13-16-19-22-25-28-30-32-35-38-41-44-47-50-53-60(65)66-56(51-48-45-42-39-36-33-27-24-21-18-15-12-9-6-3)54-59(64)61-57(55-62)58(63)52-49-46-43-40-37-34-31-29-26-23-20-17-14-11-8-5-2/h9,12,16,18-19,21,25,27-28,32-33,35,39,41-42,44,48,51,56-58,62-63H,4-8,10-11,13-15,17,20,22-24,26,29-31,34,36-38,40,43,45-47,49-50,52-55H2,1-3H3,(H,61,64)/b12-9+,19-16-,21-18+,28-25-,33-27+,35-32-,42-39+,44-41-,51-48+. The zero-order chi connectivity index (χ0) is 48.1. The lowest BCUT2D eigenvalue weighted by atomic mass is 10.0. The molecule has 6 heteroatoms. The molecule has 0 spiro atoms. The predicted octanol–water partition coefficient (Wildman–Crippen LogP) is 16.7. The molecule has 0 heterocycles. The SMILES string of the molecule is CC/C=C/C/C=C/C/C=C/C/C=C/C/C=C/C(CC(=O)NC(CO)C(O)CCCCCCCCCCCCCCCCCC)OC(=O)CCC/C=C\C/C=C\C/C=C\C/C=C\CCCCC. The van der Waals surface area contributed by atoms with E-state index >= 15 is 0 Å². The predicted molar refractivity (Wildman–Crippen MR) is 287 cm³/mol. The summed E-state index contributed by atoms with van der Waals surface area (Å²) >= 11 is 0. The summed E-state index contributed by atoms with van der Waals surface area (Å²) in [6.45, 7) is 6.29. The van der Waals surface area contributed by atoms with E-state index in [1.165, 1.54) is 109 Å². The first-order chi connectivity index (χ1) is 32.5. The Morgan fingerprint density at radius 3 is 1.29 bits per heavy atom. The number of unbranched alkanes of at least 4 members (excludes halogenated alkanes) is 19. The van der Waals surface area contributed by atoms with Gasteiger partial charge in [-0.25, -0.2) is 0 Å². The normalized spacial score (nSPS) is 14.1. The molecule has 0 aromatic carbocycles. The molecule has 0 aliphatic heterocycles. The molecule has 6 nitrogen and oxygen atoms in total. The van der Waals surface area contributed by atoms with Gasteiger partial charge >= 0.3 is 5.97 Å². The van der Waals surface area contributed by atoms with E-state index in [1.807, 2.05) is 6.08 Å². The quantitative estimate of drug-likeness (QED) is 0.0321. The highest BCUT2D eigenvalue weighted by Crippen LogP contribution is 2.16. The summed E-state index contributed by atoms with van der Waals surface area (Å²) in [6, 6.07) is -0.760. The first kappa shape index (κ1) is 62.5. The molecule has 0 saturated carbocycles. The van der Waals surface area contributed by atoms with Gasteiger partial charge in [-0.05, 0) is 89.5 Å². The molecule has 0 bridgehead atoms. The Hall–Kier alpha value is -3.48. The van der Waals surface area contributed by atoms with Crippen molar-refractivity contribution < 1.29 is 24.5 Å². The van der Waals surface area contributed by atoms with E-state index in [2.05, 4.69) is 123 Å². The van der Waals surface area contributed by atoms with Gasteiger partial charge in [-0.15, -0.1) is 0 Å². The molecule has 0 radical (unpaired) electrons. The highest BCUT2D eigenvalue weighted by Gasteiger charge is 2.23. The van der Waals surface area contributed by atoms with Crippen LogP contribution in [0.15, 0.2) is 109 Å². The molecular weight excluding hydrogens is 815 g/mol. The maximum Gasteiger partial charge on any atom is 0.306 e. The minimum atomic E-state index is -0.835. The average Bonchev–Trinajstić information content (AvgIpc) is 3.31. The van der Waals surface area contributed by atoms with Gasteiger partial charge in [-0.3, -0.25) is 9.59 Å². The van der Waals surface area contributed by atoms with Gasteiger partial charge < -0.3 is 20.3 Å². The van der Waals surface area contributed by atoms with Gasteiger partial charge in [0.2, 0.25) is 5.91 Å². The molecule has 66 heavy (non-hydrogen) atoms. The van der Waals surface area contributed by atoms with E-state index in [0.29, 0.717) is 19.3 Å². The molecule has 0 fully saturated rings. The fourth-order valence-electron chi connectivity index (χ4n) is 7.50. The molecule has 0 aliphatic rings. The number of amides is 1. The number of carbonyl (C=O) groups is 2. The molecule has 1 amide bonds. The number of carbonyl (C=O) groups excluding carboxylic acids is 2. The Morgan fingerprint density at radius 2 is 0.848 bits per heavy atom. The van der Waals surface area contributed by atoms with Gasteiger partial charge in [-0.1, -0.05) is 240 Å². The zero-order valence-electron chi connectivity index (χ0n) is 42.8. The monoisotopic (exact) mass is 916 g/mol. The lowest BCUT2D eigenvalue weighted by molar-refractivity contribution is -0.148. The minimum absolute atomic E-state index is 0.0735. The van der Waals surface area contributed by atoms with E-state index in [-0.39, 0.29) is 31.3 Å². The topological polar surface area (TPSA) is 95.9 Å². The third-order valence-electron chi connectivity index (χ3n) is 11.6. The highest BCUT2D eigenvalue weighted by atomic mass is 16.5. The lowest BCUT2D eigenvalue weighted by Crippen LogP contribution is -2.46. The summed E-state index contributed by atoms with van der Waals surface area (Å²) in [7, 11) is 0. The second-order valence-corrected chi connectivity index (χ2v) is 17.9. The number of esters is 1. The molecule has 0 rings (SSSR count). The third-order valence-corrected chi connectivity index (χ3v) is 11.6. The summed E-state index contributed by atoms with van der Waals surface area (Å²) in [5.41, 5.74) is 0. The molecule has 3 unspecified atom stereocenters. The molecule has 0 aliphatic carbocycles. The van der Waals surface area contributed by atoms with Crippen molar-refractivity contribution in [1.82, 2.24) is 5.32 Å². The van der Waals surface area contributed by atoms with Crippen LogP contribution >= 0.6 is 0 Å². The number of nitrogens with one attached hydrogen (secondary N) is 1. The molecule has 0 aromatic rings. The number of allylic oxidation sites excluding steroid dienone is 17. The van der Waals surface area contributed by atoms with Crippen LogP contribution in [0.4, 0.5) is 0 Å². The van der Waals surface area contributed by atoms with Crippen molar-refractivity contribution in [3.8, 4) is 0 Å². The average molecular weight is 916 g/mol. The van der Waals surface area contributed by atoms with Crippen molar-refractivity contribution >= 4 is 11.9 Å². The van der Waals surface area contributed by atoms with Gasteiger partial charge in [0.1, 0.15) is 6.10 Å². The summed E-state index contributed by atoms with van der Waals surface area (Å²) in [5.74, 6) is -0.702. The van der Waals surface area contributed by atoms with Gasteiger partial charge in [0.05, 0.1) is 25.2 Å². The van der Waals surface area contributed by atoms with Crippen LogP contribution in [-0.2, 0) is 14.3 Å². The zero-order valence-corrected chi connectivity index (χ0v) is 42.8. The van der Waals surface area contributed by atoms with Crippen molar-refractivity contribution in [3.63, 3.8) is 0 Å². The fraction of sp³-hybridized carbons (Fsp3) is 0.667. The number of aliphatic hydroxyl groups is 2. The van der Waals surface area contributed by atoms with E-state index in [9.17, 15) is 19.8 Å². The Balaban J connectivity index is 4.78. The van der Waals surface area contributed by atoms with Crippen molar-refractivity contribution in [2.75, 3.05) is 6.61 Å². The second-order valence-electron chi connectivity index (χ2n) is 17.9. The number of hydrogen-bond donors (Lipinski definition) is 3. The Labute approximate surface area is 407 Å². The largest absolute Gasteiger partial charge is 0.458 e.